The first-order valence-corrected chi connectivity index (χ1v) is 10.0. The fourth-order valence-electron chi connectivity index (χ4n) is 4.35. The Kier molecular flexibility index (Phi) is 5.66. The second kappa shape index (κ2) is 8.17. The Bertz CT molecular complexity index is 643. The van der Waals surface area contributed by atoms with Crippen molar-refractivity contribution in [1.29, 1.82) is 0 Å². The maximum atomic E-state index is 12.6. The Hall–Kier alpha value is -1.63. The zero-order chi connectivity index (χ0) is 18.7. The van der Waals surface area contributed by atoms with Gasteiger partial charge in [0.05, 0.1) is 46.4 Å². The average molecular weight is 374 g/mol. The van der Waals surface area contributed by atoms with E-state index in [1.54, 1.807) is 7.11 Å². The molecule has 0 aromatic heterocycles. The topological polar surface area (TPSA) is 51.2 Å². The van der Waals surface area contributed by atoms with Crippen LogP contribution in [0.4, 0.5) is 0 Å². The molecule has 3 heterocycles. The molecule has 1 aromatic carbocycles. The van der Waals surface area contributed by atoms with Gasteiger partial charge in [-0.25, -0.2) is 0 Å². The third-order valence-corrected chi connectivity index (χ3v) is 6.05. The predicted octanol–water partition coefficient (Wildman–Crippen LogP) is 1.58. The summed E-state index contributed by atoms with van der Waals surface area (Å²) in [5, 5.41) is 0. The summed E-state index contributed by atoms with van der Waals surface area (Å²) in [7, 11) is 1.65. The molecule has 1 spiro atoms. The van der Waals surface area contributed by atoms with Gasteiger partial charge in [0.15, 0.2) is 0 Å². The van der Waals surface area contributed by atoms with Gasteiger partial charge in [0.25, 0.3) is 0 Å². The van der Waals surface area contributed by atoms with Crippen LogP contribution in [-0.4, -0.2) is 81.0 Å². The summed E-state index contributed by atoms with van der Waals surface area (Å²) in [6, 6.07) is 7.73. The highest BCUT2D eigenvalue weighted by Crippen LogP contribution is 2.36. The van der Waals surface area contributed by atoms with Crippen molar-refractivity contribution in [2.75, 3.05) is 59.7 Å². The molecule has 0 bridgehead atoms. The van der Waals surface area contributed by atoms with E-state index in [2.05, 4.69) is 4.90 Å². The van der Waals surface area contributed by atoms with Gasteiger partial charge in [-0.05, 0) is 36.5 Å². The number of carbonyl (C=O) groups excluding carboxylic acids is 1. The van der Waals surface area contributed by atoms with Crippen molar-refractivity contribution in [1.82, 2.24) is 9.80 Å². The molecule has 0 aliphatic carbocycles. The Balaban J connectivity index is 1.21. The Morgan fingerprint density at radius 2 is 2.11 bits per heavy atom. The lowest BCUT2D eigenvalue weighted by Crippen LogP contribution is -2.66. The van der Waals surface area contributed by atoms with E-state index in [1.807, 2.05) is 29.2 Å². The molecule has 3 fully saturated rings. The molecule has 0 N–H and O–H groups in total. The van der Waals surface area contributed by atoms with Gasteiger partial charge < -0.3 is 19.1 Å². The number of methoxy groups -OCH3 is 1. The summed E-state index contributed by atoms with van der Waals surface area (Å²) in [5.41, 5.74) is 0.904. The van der Waals surface area contributed by atoms with Crippen LogP contribution in [0.1, 0.15) is 18.4 Å². The monoisotopic (exact) mass is 374 g/mol. The van der Waals surface area contributed by atoms with Crippen LogP contribution in [0.25, 0.3) is 0 Å². The summed E-state index contributed by atoms with van der Waals surface area (Å²) in [4.78, 5) is 17.0. The molecule has 1 atom stereocenters. The lowest BCUT2D eigenvalue weighted by Gasteiger charge is -2.53. The summed E-state index contributed by atoms with van der Waals surface area (Å²) >= 11 is 0. The van der Waals surface area contributed by atoms with E-state index in [1.165, 1.54) is 6.42 Å². The first kappa shape index (κ1) is 18.7. The van der Waals surface area contributed by atoms with Gasteiger partial charge in [0.1, 0.15) is 11.4 Å². The lowest BCUT2D eigenvalue weighted by atomic mass is 9.82. The van der Waals surface area contributed by atoms with Crippen LogP contribution < -0.4 is 4.74 Å². The quantitative estimate of drug-likeness (QED) is 0.783. The fourth-order valence-corrected chi connectivity index (χ4v) is 4.35. The minimum Gasteiger partial charge on any atom is -0.497 e. The molecule has 4 rings (SSSR count). The molecule has 3 saturated heterocycles. The second-order valence-corrected chi connectivity index (χ2v) is 8.09. The maximum absolute atomic E-state index is 12.6. The van der Waals surface area contributed by atoms with E-state index in [9.17, 15) is 4.79 Å². The molecule has 3 aliphatic heterocycles. The van der Waals surface area contributed by atoms with E-state index in [0.717, 1.165) is 70.3 Å². The number of rotatable bonds is 5. The predicted molar refractivity (Wildman–Crippen MR) is 102 cm³/mol. The summed E-state index contributed by atoms with van der Waals surface area (Å²) in [6.07, 6.45) is 2.67. The van der Waals surface area contributed by atoms with Crippen LogP contribution in [0.5, 0.6) is 5.75 Å². The molecule has 148 valence electrons. The SMILES string of the molecule is COc1cccc(CC(=O)N2CC3(CCC(CN4CCOCC4)CO3)C2)c1. The van der Waals surface area contributed by atoms with E-state index in [4.69, 9.17) is 14.2 Å². The third-order valence-electron chi connectivity index (χ3n) is 6.05. The molecular weight excluding hydrogens is 344 g/mol. The van der Waals surface area contributed by atoms with Crippen molar-refractivity contribution >= 4 is 5.91 Å². The molecule has 6 nitrogen and oxygen atoms in total. The molecule has 1 unspecified atom stereocenters. The molecule has 6 heteroatoms. The highest BCUT2D eigenvalue weighted by atomic mass is 16.5. The summed E-state index contributed by atoms with van der Waals surface area (Å²) < 4.78 is 16.9. The number of likely N-dealkylation sites (tertiary alicyclic amines) is 1. The number of benzene rings is 1. The van der Waals surface area contributed by atoms with Gasteiger partial charge in [-0.15, -0.1) is 0 Å². The van der Waals surface area contributed by atoms with Crippen LogP contribution in [-0.2, 0) is 20.7 Å². The molecule has 0 radical (unpaired) electrons. The summed E-state index contributed by atoms with van der Waals surface area (Å²) in [5.74, 6) is 1.57. The van der Waals surface area contributed by atoms with E-state index in [-0.39, 0.29) is 11.5 Å². The highest BCUT2D eigenvalue weighted by Gasteiger charge is 2.48. The van der Waals surface area contributed by atoms with Crippen LogP contribution in [0.15, 0.2) is 24.3 Å². The number of morpholine rings is 1. The number of amides is 1. The second-order valence-electron chi connectivity index (χ2n) is 8.09. The number of ether oxygens (including phenoxy) is 3. The highest BCUT2D eigenvalue weighted by molar-refractivity contribution is 5.80. The van der Waals surface area contributed by atoms with Gasteiger partial charge in [-0.1, -0.05) is 12.1 Å². The van der Waals surface area contributed by atoms with Crippen molar-refractivity contribution in [3.63, 3.8) is 0 Å². The van der Waals surface area contributed by atoms with Crippen molar-refractivity contribution in [2.45, 2.75) is 24.9 Å². The fraction of sp³-hybridized carbons (Fsp3) is 0.667. The summed E-state index contributed by atoms with van der Waals surface area (Å²) in [6.45, 7) is 7.17. The standard InChI is InChI=1S/C21H30N2O4/c1-25-19-4-2-3-17(11-19)12-20(24)23-15-21(16-23)6-5-18(14-27-21)13-22-7-9-26-10-8-22/h2-4,11,18H,5-10,12-16H2,1H3. The molecule has 3 aliphatic rings. The van der Waals surface area contributed by atoms with Crippen LogP contribution in [0.2, 0.25) is 0 Å². The van der Waals surface area contributed by atoms with Gasteiger partial charge in [-0.2, -0.15) is 0 Å². The average Bonchev–Trinajstić information content (AvgIpc) is 2.68. The first-order valence-electron chi connectivity index (χ1n) is 10.0. The van der Waals surface area contributed by atoms with Gasteiger partial charge >= 0.3 is 0 Å². The van der Waals surface area contributed by atoms with E-state index < -0.39 is 0 Å². The zero-order valence-corrected chi connectivity index (χ0v) is 16.2. The molecule has 1 amide bonds. The van der Waals surface area contributed by atoms with Gasteiger partial charge in [-0.3, -0.25) is 9.69 Å². The maximum Gasteiger partial charge on any atom is 0.227 e. The zero-order valence-electron chi connectivity index (χ0n) is 16.2. The number of nitrogens with zero attached hydrogens (tertiary/aromatic N) is 2. The Morgan fingerprint density at radius 1 is 1.30 bits per heavy atom. The minimum atomic E-state index is -0.0917. The van der Waals surface area contributed by atoms with E-state index >= 15 is 0 Å². The normalized spacial score (nSPS) is 25.2. The van der Waals surface area contributed by atoms with Crippen molar-refractivity contribution in [2.24, 2.45) is 5.92 Å². The molecule has 1 aromatic rings. The van der Waals surface area contributed by atoms with E-state index in [0.29, 0.717) is 12.3 Å². The van der Waals surface area contributed by atoms with Crippen molar-refractivity contribution in [3.05, 3.63) is 29.8 Å². The number of hydrogen-bond donors (Lipinski definition) is 0. The van der Waals surface area contributed by atoms with Crippen LogP contribution in [0, 0.1) is 5.92 Å². The molecular formula is C21H30N2O4. The number of carbonyl (C=O) groups is 1. The Morgan fingerprint density at radius 3 is 2.81 bits per heavy atom. The van der Waals surface area contributed by atoms with Crippen LogP contribution in [0.3, 0.4) is 0 Å². The van der Waals surface area contributed by atoms with Crippen molar-refractivity contribution < 1.29 is 19.0 Å². The van der Waals surface area contributed by atoms with Crippen molar-refractivity contribution in [3.8, 4) is 5.75 Å². The molecule has 0 saturated carbocycles. The third kappa shape index (κ3) is 4.45. The van der Waals surface area contributed by atoms with Crippen LogP contribution >= 0.6 is 0 Å². The van der Waals surface area contributed by atoms with Gasteiger partial charge in [0, 0.05) is 19.6 Å². The smallest absolute Gasteiger partial charge is 0.227 e. The molecule has 27 heavy (non-hydrogen) atoms. The first-order chi connectivity index (χ1) is 13.2. The number of hydrogen-bond acceptors (Lipinski definition) is 5. The minimum absolute atomic E-state index is 0.0917. The lowest BCUT2D eigenvalue weighted by molar-refractivity contribution is -0.189. The largest absolute Gasteiger partial charge is 0.497 e. The Labute approximate surface area is 161 Å². The van der Waals surface area contributed by atoms with Gasteiger partial charge in [0.2, 0.25) is 5.91 Å².